The Bertz CT molecular complexity index is 257. The molecule has 1 fully saturated rings. The molecule has 2 atom stereocenters. The fourth-order valence-electron chi connectivity index (χ4n) is 1.53. The molecule has 5 heteroatoms. The maximum absolute atomic E-state index is 11.9. The van der Waals surface area contributed by atoms with Crippen LogP contribution in [0.2, 0.25) is 0 Å². The Kier molecular flexibility index (Phi) is 4.45. The van der Waals surface area contributed by atoms with Crippen LogP contribution in [0.15, 0.2) is 0 Å². The molecule has 1 aliphatic rings. The molecule has 1 aliphatic heterocycles. The van der Waals surface area contributed by atoms with Gasteiger partial charge in [-0.15, -0.1) is 0 Å². The van der Waals surface area contributed by atoms with Crippen molar-refractivity contribution in [3.63, 3.8) is 0 Å². The van der Waals surface area contributed by atoms with E-state index in [-0.39, 0.29) is 11.8 Å². The van der Waals surface area contributed by atoms with Crippen molar-refractivity contribution >= 4 is 23.6 Å². The largest absolute Gasteiger partial charge is 0.480 e. The first kappa shape index (κ1) is 12.4. The molecule has 0 aliphatic carbocycles. The highest BCUT2D eigenvalue weighted by molar-refractivity contribution is 7.99. The zero-order chi connectivity index (χ0) is 11.4. The van der Waals surface area contributed by atoms with Crippen LogP contribution in [0, 0.1) is 5.92 Å². The van der Waals surface area contributed by atoms with Gasteiger partial charge in [0.15, 0.2) is 0 Å². The quantitative estimate of drug-likeness (QED) is 0.789. The minimum atomic E-state index is -0.890. The van der Waals surface area contributed by atoms with Crippen LogP contribution < -0.4 is 0 Å². The van der Waals surface area contributed by atoms with E-state index in [0.29, 0.717) is 12.3 Å². The Morgan fingerprint density at radius 1 is 1.60 bits per heavy atom. The van der Waals surface area contributed by atoms with Crippen molar-refractivity contribution in [2.75, 3.05) is 18.1 Å². The van der Waals surface area contributed by atoms with Gasteiger partial charge in [-0.25, -0.2) is 4.79 Å². The molecule has 1 saturated heterocycles. The summed E-state index contributed by atoms with van der Waals surface area (Å²) < 4.78 is 0. The summed E-state index contributed by atoms with van der Waals surface area (Å²) in [5, 5.41) is 9.00. The van der Waals surface area contributed by atoms with E-state index in [1.807, 2.05) is 13.8 Å². The smallest absolute Gasteiger partial charge is 0.327 e. The van der Waals surface area contributed by atoms with E-state index >= 15 is 0 Å². The molecule has 1 heterocycles. The summed E-state index contributed by atoms with van der Waals surface area (Å²) in [5.41, 5.74) is 0. The van der Waals surface area contributed by atoms with E-state index < -0.39 is 12.0 Å². The molecular weight excluding hydrogens is 214 g/mol. The van der Waals surface area contributed by atoms with Crippen molar-refractivity contribution in [3.8, 4) is 0 Å². The second-order valence-corrected chi connectivity index (χ2v) is 4.92. The van der Waals surface area contributed by atoms with E-state index in [1.165, 1.54) is 4.90 Å². The molecule has 0 aromatic rings. The third kappa shape index (κ3) is 2.87. The topological polar surface area (TPSA) is 57.6 Å². The molecule has 1 N–H and O–H groups in total. The highest BCUT2D eigenvalue weighted by atomic mass is 32.2. The molecule has 0 aromatic heterocycles. The summed E-state index contributed by atoms with van der Waals surface area (Å²) in [7, 11) is 0. The summed E-state index contributed by atoms with van der Waals surface area (Å²) >= 11 is 1.60. The number of rotatable bonds is 3. The molecule has 0 bridgehead atoms. The lowest BCUT2D eigenvalue weighted by Gasteiger charge is -2.34. The van der Waals surface area contributed by atoms with Crippen molar-refractivity contribution in [2.24, 2.45) is 5.92 Å². The first-order valence-corrected chi connectivity index (χ1v) is 6.34. The Balaban J connectivity index is 2.71. The van der Waals surface area contributed by atoms with E-state index in [0.717, 1.165) is 12.2 Å². The molecule has 0 saturated carbocycles. The molecule has 2 unspecified atom stereocenters. The molecular formula is C10H17NO3S. The number of carbonyl (C=O) groups is 2. The molecule has 4 nitrogen and oxygen atoms in total. The molecule has 1 amide bonds. The third-order valence-corrected chi connectivity index (χ3v) is 3.75. The molecule has 0 aromatic carbocycles. The normalized spacial score (nSPS) is 23.6. The number of carboxylic acid groups (broad SMARTS) is 1. The predicted molar refractivity (Wildman–Crippen MR) is 59.9 cm³/mol. The number of carboxylic acids is 1. The minimum absolute atomic E-state index is 0.0230. The van der Waals surface area contributed by atoms with Gasteiger partial charge < -0.3 is 10.0 Å². The van der Waals surface area contributed by atoms with Crippen molar-refractivity contribution in [3.05, 3.63) is 0 Å². The van der Waals surface area contributed by atoms with Crippen molar-refractivity contribution in [1.29, 1.82) is 0 Å². The Morgan fingerprint density at radius 3 is 2.80 bits per heavy atom. The van der Waals surface area contributed by atoms with E-state index in [4.69, 9.17) is 5.11 Å². The van der Waals surface area contributed by atoms with Gasteiger partial charge in [0.1, 0.15) is 6.04 Å². The zero-order valence-electron chi connectivity index (χ0n) is 9.10. The van der Waals surface area contributed by atoms with Crippen LogP contribution in [0.5, 0.6) is 0 Å². The first-order valence-electron chi connectivity index (χ1n) is 5.19. The lowest BCUT2D eigenvalue weighted by molar-refractivity contribution is -0.150. The van der Waals surface area contributed by atoms with Gasteiger partial charge in [-0.05, 0) is 6.42 Å². The van der Waals surface area contributed by atoms with Crippen LogP contribution in [0.4, 0.5) is 0 Å². The van der Waals surface area contributed by atoms with Crippen LogP contribution in [0.25, 0.3) is 0 Å². The summed E-state index contributed by atoms with van der Waals surface area (Å²) in [6.45, 7) is 4.35. The predicted octanol–water partition coefficient (Wildman–Crippen LogP) is 1.06. The second kappa shape index (κ2) is 5.39. The van der Waals surface area contributed by atoms with Gasteiger partial charge >= 0.3 is 5.97 Å². The van der Waals surface area contributed by atoms with Gasteiger partial charge in [0, 0.05) is 24.0 Å². The SMILES string of the molecule is CCC(C)C(=O)N1CCSCC1C(=O)O. The molecule has 0 spiro atoms. The van der Waals surface area contributed by atoms with Crippen LogP contribution in [0.1, 0.15) is 20.3 Å². The lowest BCUT2D eigenvalue weighted by Crippen LogP contribution is -2.51. The molecule has 0 radical (unpaired) electrons. The Morgan fingerprint density at radius 2 is 2.27 bits per heavy atom. The van der Waals surface area contributed by atoms with E-state index in [9.17, 15) is 9.59 Å². The lowest BCUT2D eigenvalue weighted by atomic mass is 10.1. The van der Waals surface area contributed by atoms with Crippen molar-refractivity contribution in [1.82, 2.24) is 4.90 Å². The van der Waals surface area contributed by atoms with Crippen LogP contribution in [-0.2, 0) is 9.59 Å². The Hall–Kier alpha value is -0.710. The van der Waals surface area contributed by atoms with Crippen molar-refractivity contribution < 1.29 is 14.7 Å². The summed E-state index contributed by atoms with van der Waals surface area (Å²) in [6.07, 6.45) is 0.759. The van der Waals surface area contributed by atoms with Gasteiger partial charge in [-0.3, -0.25) is 4.79 Å². The molecule has 86 valence electrons. The number of nitrogens with zero attached hydrogens (tertiary/aromatic N) is 1. The average Bonchev–Trinajstić information content (AvgIpc) is 2.27. The number of carbonyl (C=O) groups excluding carboxylic acids is 1. The minimum Gasteiger partial charge on any atom is -0.480 e. The number of amides is 1. The second-order valence-electron chi connectivity index (χ2n) is 3.77. The van der Waals surface area contributed by atoms with E-state index in [1.54, 1.807) is 11.8 Å². The van der Waals surface area contributed by atoms with Crippen LogP contribution >= 0.6 is 11.8 Å². The van der Waals surface area contributed by atoms with Gasteiger partial charge in [-0.2, -0.15) is 11.8 Å². The van der Waals surface area contributed by atoms with Gasteiger partial charge in [-0.1, -0.05) is 13.8 Å². The number of aliphatic carboxylic acids is 1. The molecule has 1 rings (SSSR count). The monoisotopic (exact) mass is 231 g/mol. The Labute approximate surface area is 94.0 Å². The number of thioether (sulfide) groups is 1. The van der Waals surface area contributed by atoms with Gasteiger partial charge in [0.25, 0.3) is 0 Å². The van der Waals surface area contributed by atoms with Crippen molar-refractivity contribution in [2.45, 2.75) is 26.3 Å². The average molecular weight is 231 g/mol. The summed E-state index contributed by atoms with van der Waals surface area (Å²) in [6, 6.07) is -0.634. The number of hydrogen-bond donors (Lipinski definition) is 1. The first-order chi connectivity index (χ1) is 7.07. The van der Waals surface area contributed by atoms with Gasteiger partial charge in [0.05, 0.1) is 0 Å². The van der Waals surface area contributed by atoms with E-state index in [2.05, 4.69) is 0 Å². The van der Waals surface area contributed by atoms with Crippen LogP contribution in [-0.4, -0.2) is 46.0 Å². The number of hydrogen-bond acceptors (Lipinski definition) is 3. The highest BCUT2D eigenvalue weighted by Crippen LogP contribution is 2.19. The molecule has 15 heavy (non-hydrogen) atoms. The third-order valence-electron chi connectivity index (χ3n) is 2.73. The van der Waals surface area contributed by atoms with Crippen LogP contribution in [0.3, 0.4) is 0 Å². The highest BCUT2D eigenvalue weighted by Gasteiger charge is 2.33. The summed E-state index contributed by atoms with van der Waals surface area (Å²) in [4.78, 5) is 24.4. The van der Waals surface area contributed by atoms with Gasteiger partial charge in [0.2, 0.25) is 5.91 Å². The fourth-order valence-corrected chi connectivity index (χ4v) is 2.57. The maximum Gasteiger partial charge on any atom is 0.327 e. The zero-order valence-corrected chi connectivity index (χ0v) is 9.92. The fraction of sp³-hybridized carbons (Fsp3) is 0.800. The standard InChI is InChI=1S/C10H17NO3S/c1-3-7(2)9(12)11-4-5-15-6-8(11)10(13)14/h7-8H,3-6H2,1-2H3,(H,13,14). The maximum atomic E-state index is 11.9. The summed E-state index contributed by atoms with van der Waals surface area (Å²) in [5.74, 6) is 0.364.